The molecule has 11 aromatic rings. The normalized spacial score (nSPS) is 11.5. The summed E-state index contributed by atoms with van der Waals surface area (Å²) in [5.74, 6) is 0. The van der Waals surface area contributed by atoms with Crippen molar-refractivity contribution >= 4 is 70.9 Å². The first-order valence-electron chi connectivity index (χ1n) is 19.4. The molecule has 3 nitrogen and oxygen atoms in total. The number of benzene rings is 9. The number of fused-ring (bicyclic) bond motifs is 6. The van der Waals surface area contributed by atoms with Crippen LogP contribution in [0.2, 0.25) is 0 Å². The Balaban J connectivity index is 0.967. The molecule has 0 N–H and O–H groups in total. The molecule has 57 heavy (non-hydrogen) atoms. The van der Waals surface area contributed by atoms with Gasteiger partial charge in [-0.15, -0.1) is 0 Å². The Morgan fingerprint density at radius 2 is 0.667 bits per heavy atom. The highest BCUT2D eigenvalue weighted by molar-refractivity contribution is 6.08. The summed E-state index contributed by atoms with van der Waals surface area (Å²) in [5, 5.41) is 12.1. The maximum Gasteiger partial charge on any atom is 0.0708 e. The summed E-state index contributed by atoms with van der Waals surface area (Å²) in [4.78, 5) is 11.9. The minimum Gasteiger partial charge on any atom is -0.310 e. The molecule has 3 heteroatoms. The first-order valence-corrected chi connectivity index (χ1v) is 19.4. The molecule has 0 saturated carbocycles. The molecule has 0 aliphatic heterocycles. The van der Waals surface area contributed by atoms with Crippen LogP contribution >= 0.6 is 0 Å². The lowest BCUT2D eigenvalue weighted by Gasteiger charge is -2.26. The molecule has 0 radical (unpaired) electrons. The van der Waals surface area contributed by atoms with Crippen molar-refractivity contribution in [2.45, 2.75) is 0 Å². The van der Waals surface area contributed by atoms with Gasteiger partial charge in [-0.25, -0.2) is 0 Å². The van der Waals surface area contributed by atoms with Crippen molar-refractivity contribution in [2.24, 2.45) is 0 Å². The van der Waals surface area contributed by atoms with Crippen molar-refractivity contribution in [2.75, 3.05) is 4.90 Å². The Morgan fingerprint density at radius 3 is 1.30 bits per heavy atom. The van der Waals surface area contributed by atoms with Gasteiger partial charge in [-0.1, -0.05) is 140 Å². The van der Waals surface area contributed by atoms with E-state index in [0.717, 1.165) is 50.3 Å². The number of pyridine rings is 2. The second-order valence-corrected chi connectivity index (χ2v) is 14.7. The summed E-state index contributed by atoms with van der Waals surface area (Å²) in [7, 11) is 0. The van der Waals surface area contributed by atoms with E-state index < -0.39 is 0 Å². The number of anilines is 3. The summed E-state index contributed by atoms with van der Waals surface area (Å²) in [5.41, 5.74) is 9.71. The number of rotatable bonds is 6. The highest BCUT2D eigenvalue weighted by atomic mass is 15.1. The largest absolute Gasteiger partial charge is 0.310 e. The Morgan fingerprint density at radius 1 is 0.263 bits per heavy atom. The van der Waals surface area contributed by atoms with Crippen LogP contribution in [0.3, 0.4) is 0 Å². The predicted molar refractivity (Wildman–Crippen MR) is 241 cm³/mol. The van der Waals surface area contributed by atoms with Gasteiger partial charge in [-0.2, -0.15) is 0 Å². The van der Waals surface area contributed by atoms with Gasteiger partial charge in [0.05, 0.1) is 11.4 Å². The molecule has 0 spiro atoms. The van der Waals surface area contributed by atoms with E-state index in [-0.39, 0.29) is 0 Å². The van der Waals surface area contributed by atoms with Crippen LogP contribution in [-0.2, 0) is 0 Å². The van der Waals surface area contributed by atoms with Gasteiger partial charge in [0.15, 0.2) is 0 Å². The van der Waals surface area contributed by atoms with E-state index in [9.17, 15) is 0 Å². The van der Waals surface area contributed by atoms with E-state index in [1.54, 1.807) is 0 Å². The summed E-state index contributed by atoms with van der Waals surface area (Å²) < 4.78 is 0. The fourth-order valence-electron chi connectivity index (χ4n) is 8.24. The standard InChI is InChI=1S/C54H35N3/c1-3-10-46-34-55-53(32-39(46)8-1)37-17-23-48(24-18-37)57(49-25-19-38(20-26-49)54-33-40-9-2-4-11-47(40)35-56-54)50-27-21-42-29-41(14-15-44(42)31-50)43-22-28-52-45(30-43)16-13-36-7-5-6-12-51(36)52/h1-35H. The summed E-state index contributed by atoms with van der Waals surface area (Å²) in [6, 6.07) is 72.0. The number of aromatic nitrogens is 2. The van der Waals surface area contributed by atoms with Crippen LogP contribution in [0.4, 0.5) is 17.1 Å². The fourth-order valence-corrected chi connectivity index (χ4v) is 8.24. The Labute approximate surface area is 330 Å². The van der Waals surface area contributed by atoms with Gasteiger partial charge >= 0.3 is 0 Å². The van der Waals surface area contributed by atoms with Crippen molar-refractivity contribution < 1.29 is 0 Å². The van der Waals surface area contributed by atoms with Crippen molar-refractivity contribution in [3.63, 3.8) is 0 Å². The number of hydrogen-bond acceptors (Lipinski definition) is 3. The SMILES string of the molecule is c1ccc2cc(-c3ccc(N(c4ccc(-c5cc6ccccc6cn5)cc4)c4ccc5cc(-c6ccc7c(ccc8ccccc87)c6)ccc5c4)cc3)ncc2c1. The second-order valence-electron chi connectivity index (χ2n) is 14.7. The monoisotopic (exact) mass is 725 g/mol. The zero-order valence-corrected chi connectivity index (χ0v) is 31.0. The highest BCUT2D eigenvalue weighted by Crippen LogP contribution is 2.39. The van der Waals surface area contributed by atoms with Crippen molar-refractivity contribution in [1.29, 1.82) is 0 Å². The van der Waals surface area contributed by atoms with Crippen LogP contribution in [0.15, 0.2) is 213 Å². The molecule has 0 atom stereocenters. The second kappa shape index (κ2) is 13.6. The van der Waals surface area contributed by atoms with Gasteiger partial charge in [0, 0.05) is 51.4 Å². The molecule has 9 aromatic carbocycles. The first-order chi connectivity index (χ1) is 28.2. The fraction of sp³-hybridized carbons (Fsp3) is 0. The zero-order chi connectivity index (χ0) is 37.7. The molecule has 0 saturated heterocycles. The third-order valence-electron chi connectivity index (χ3n) is 11.3. The van der Waals surface area contributed by atoms with E-state index in [1.807, 2.05) is 12.4 Å². The molecule has 0 fully saturated rings. The average Bonchev–Trinajstić information content (AvgIpc) is 3.29. The molecule has 0 bridgehead atoms. The average molecular weight is 726 g/mol. The van der Waals surface area contributed by atoms with E-state index in [2.05, 4.69) is 205 Å². The van der Waals surface area contributed by atoms with Gasteiger partial charge in [0.25, 0.3) is 0 Å². The third kappa shape index (κ3) is 6.03. The number of hydrogen-bond donors (Lipinski definition) is 0. The molecule has 266 valence electrons. The Hall–Kier alpha value is -7.62. The van der Waals surface area contributed by atoms with E-state index >= 15 is 0 Å². The maximum atomic E-state index is 4.80. The van der Waals surface area contributed by atoms with E-state index in [4.69, 9.17) is 9.97 Å². The van der Waals surface area contributed by atoms with Gasteiger partial charge < -0.3 is 4.90 Å². The van der Waals surface area contributed by atoms with Gasteiger partial charge in [-0.05, 0) is 115 Å². The van der Waals surface area contributed by atoms with Gasteiger partial charge in [0.1, 0.15) is 0 Å². The first kappa shape index (κ1) is 32.8. The molecule has 0 aliphatic rings. The molecular weight excluding hydrogens is 691 g/mol. The summed E-state index contributed by atoms with van der Waals surface area (Å²) in [6.45, 7) is 0. The smallest absolute Gasteiger partial charge is 0.0708 e. The molecule has 2 aromatic heterocycles. The van der Waals surface area contributed by atoms with E-state index in [1.165, 1.54) is 54.2 Å². The molecule has 2 heterocycles. The van der Waals surface area contributed by atoms with Crippen LogP contribution in [0.25, 0.3) is 87.5 Å². The minimum atomic E-state index is 0.959. The summed E-state index contributed by atoms with van der Waals surface area (Å²) in [6.07, 6.45) is 3.91. The lowest BCUT2D eigenvalue weighted by atomic mass is 9.96. The van der Waals surface area contributed by atoms with Crippen molar-refractivity contribution in [1.82, 2.24) is 9.97 Å². The third-order valence-corrected chi connectivity index (χ3v) is 11.3. The van der Waals surface area contributed by atoms with Crippen LogP contribution in [0, 0.1) is 0 Å². The topological polar surface area (TPSA) is 29.0 Å². The van der Waals surface area contributed by atoms with Gasteiger partial charge in [0.2, 0.25) is 0 Å². The molecule has 0 aliphatic carbocycles. The van der Waals surface area contributed by atoms with Crippen molar-refractivity contribution in [3.8, 4) is 33.6 Å². The van der Waals surface area contributed by atoms with Crippen LogP contribution in [-0.4, -0.2) is 9.97 Å². The molecule has 0 unspecified atom stereocenters. The van der Waals surface area contributed by atoms with E-state index in [0.29, 0.717) is 0 Å². The molecular formula is C54H35N3. The van der Waals surface area contributed by atoms with Crippen LogP contribution < -0.4 is 4.90 Å². The summed E-state index contributed by atoms with van der Waals surface area (Å²) >= 11 is 0. The molecule has 11 rings (SSSR count). The lowest BCUT2D eigenvalue weighted by Crippen LogP contribution is -2.10. The predicted octanol–water partition coefficient (Wildman–Crippen LogP) is 14.7. The van der Waals surface area contributed by atoms with Crippen LogP contribution in [0.1, 0.15) is 0 Å². The van der Waals surface area contributed by atoms with Crippen molar-refractivity contribution in [3.05, 3.63) is 213 Å². The Kier molecular flexibility index (Phi) is 7.82. The Bertz CT molecular complexity index is 3170. The zero-order valence-electron chi connectivity index (χ0n) is 31.0. The van der Waals surface area contributed by atoms with Crippen LogP contribution in [0.5, 0.6) is 0 Å². The minimum absolute atomic E-state index is 0.959. The van der Waals surface area contributed by atoms with Gasteiger partial charge in [-0.3, -0.25) is 9.97 Å². The molecule has 0 amide bonds. The maximum absolute atomic E-state index is 4.80. The lowest BCUT2D eigenvalue weighted by molar-refractivity contribution is 1.28. The number of nitrogens with zero attached hydrogens (tertiary/aromatic N) is 3. The highest BCUT2D eigenvalue weighted by Gasteiger charge is 2.15. The quantitative estimate of drug-likeness (QED) is 0.160.